The van der Waals surface area contributed by atoms with Gasteiger partial charge in [0, 0.05) is 60.9 Å². The molecular formula is C31H41N7O2. The van der Waals surface area contributed by atoms with Crippen molar-refractivity contribution in [3.05, 3.63) is 86.2 Å². The summed E-state index contributed by atoms with van der Waals surface area (Å²) in [4.78, 5) is 33.3. The van der Waals surface area contributed by atoms with Crippen LogP contribution in [-0.2, 0) is 6.54 Å². The van der Waals surface area contributed by atoms with E-state index in [1.54, 1.807) is 12.2 Å². The standard InChI is InChI=1S/C31H41N7O2/c1-8-23(9-10-28(32)37-13-11-36(7)12-14-37)24-16-25(29-22(6)35-38(19(2)3)27(29)17-24)30(39)33-18-26-20(4)15-21(5)34-31(26)40/h8-10,15-17,19,32,35H,1,11-14,18H2,2-7H3,(H,33,39)(H,34,40). The van der Waals surface area contributed by atoms with Crippen molar-refractivity contribution >= 4 is 28.7 Å². The van der Waals surface area contributed by atoms with Gasteiger partial charge < -0.3 is 25.5 Å². The minimum Gasteiger partial charge on any atom is -0.355 e. The molecule has 4 N–H and O–H groups in total. The summed E-state index contributed by atoms with van der Waals surface area (Å²) in [6.45, 7) is 17.5. The number of H-pyrrole nitrogens is 1. The van der Waals surface area contributed by atoms with Crippen molar-refractivity contribution in [3.8, 4) is 0 Å². The molecule has 0 spiro atoms. The highest BCUT2D eigenvalue weighted by atomic mass is 16.1. The molecular weight excluding hydrogens is 502 g/mol. The van der Waals surface area contributed by atoms with Gasteiger partial charge in [-0.25, -0.2) is 0 Å². The van der Waals surface area contributed by atoms with Crippen LogP contribution < -0.4 is 31.7 Å². The minimum absolute atomic E-state index is 0.125. The number of likely N-dealkylation sites (N-methyl/N-ethyl adjacent to an activating group) is 1. The summed E-state index contributed by atoms with van der Waals surface area (Å²) in [5.74, 6) is 0.196. The van der Waals surface area contributed by atoms with Crippen LogP contribution in [0.2, 0.25) is 0 Å². The Hall–Kier alpha value is -4.11. The number of pyridine rings is 1. The van der Waals surface area contributed by atoms with E-state index in [-0.39, 0.29) is 24.1 Å². The molecule has 4 rings (SSSR count). The number of hydrazine groups is 1. The number of amides is 1. The third kappa shape index (κ3) is 6.04. The number of piperazine rings is 1. The quantitative estimate of drug-likeness (QED) is 0.314. The lowest BCUT2D eigenvalue weighted by Crippen LogP contribution is -2.46. The predicted octanol–water partition coefficient (Wildman–Crippen LogP) is 1.90. The molecule has 0 bridgehead atoms. The topological polar surface area (TPSA) is 108 Å². The van der Waals surface area contributed by atoms with Crippen molar-refractivity contribution in [3.63, 3.8) is 0 Å². The van der Waals surface area contributed by atoms with E-state index in [0.29, 0.717) is 17.0 Å². The monoisotopic (exact) mass is 543 g/mol. The summed E-state index contributed by atoms with van der Waals surface area (Å²) < 4.78 is 0. The molecule has 2 aliphatic heterocycles. The number of hydrogen-bond donors (Lipinski definition) is 4. The summed E-state index contributed by atoms with van der Waals surface area (Å²) in [5, 5.41) is 15.3. The zero-order chi connectivity index (χ0) is 29.1. The van der Waals surface area contributed by atoms with E-state index >= 15 is 0 Å². The number of aromatic nitrogens is 1. The van der Waals surface area contributed by atoms with Crippen LogP contribution >= 0.6 is 0 Å². The van der Waals surface area contributed by atoms with Crippen LogP contribution in [-0.4, -0.2) is 65.8 Å². The van der Waals surface area contributed by atoms with E-state index in [1.165, 1.54) is 0 Å². The number of allylic oxidation sites excluding steroid dienone is 2. The largest absolute Gasteiger partial charge is 0.355 e. The predicted molar refractivity (Wildman–Crippen MR) is 163 cm³/mol. The Morgan fingerprint density at radius 3 is 2.45 bits per heavy atom. The number of rotatable bonds is 7. The molecule has 0 radical (unpaired) electrons. The number of hydrogen-bond acceptors (Lipinski definition) is 6. The molecule has 0 unspecified atom stereocenters. The fourth-order valence-electron chi connectivity index (χ4n) is 5.23. The molecule has 9 nitrogen and oxygen atoms in total. The molecule has 40 heavy (non-hydrogen) atoms. The fourth-order valence-corrected chi connectivity index (χ4v) is 5.23. The maximum Gasteiger partial charge on any atom is 0.253 e. The van der Waals surface area contributed by atoms with E-state index < -0.39 is 0 Å². The van der Waals surface area contributed by atoms with Crippen molar-refractivity contribution in [1.82, 2.24) is 25.5 Å². The highest BCUT2D eigenvalue weighted by Crippen LogP contribution is 2.18. The Morgan fingerprint density at radius 1 is 1.12 bits per heavy atom. The second-order valence-electron chi connectivity index (χ2n) is 10.9. The van der Waals surface area contributed by atoms with Gasteiger partial charge in [0.1, 0.15) is 5.84 Å². The molecule has 1 aromatic heterocycles. The third-order valence-corrected chi connectivity index (χ3v) is 7.54. The molecule has 0 aliphatic carbocycles. The van der Waals surface area contributed by atoms with Crippen molar-refractivity contribution in [2.45, 2.75) is 47.2 Å². The summed E-state index contributed by atoms with van der Waals surface area (Å²) >= 11 is 0. The number of amidine groups is 1. The summed E-state index contributed by atoms with van der Waals surface area (Å²) in [7, 11) is 2.09. The Labute approximate surface area is 236 Å². The highest BCUT2D eigenvalue weighted by molar-refractivity contribution is 5.97. The Morgan fingerprint density at radius 2 is 1.82 bits per heavy atom. The van der Waals surface area contributed by atoms with Crippen molar-refractivity contribution in [2.24, 2.45) is 0 Å². The van der Waals surface area contributed by atoms with E-state index in [2.05, 4.69) is 64.1 Å². The van der Waals surface area contributed by atoms with Crippen molar-refractivity contribution in [1.29, 1.82) is 5.41 Å². The first-order chi connectivity index (χ1) is 19.0. The molecule has 1 aromatic carbocycles. The zero-order valence-corrected chi connectivity index (χ0v) is 24.4. The molecule has 1 saturated heterocycles. The van der Waals surface area contributed by atoms with Gasteiger partial charge in [0.05, 0.1) is 11.3 Å². The van der Waals surface area contributed by atoms with Gasteiger partial charge in [-0.15, -0.1) is 0 Å². The lowest BCUT2D eigenvalue weighted by Gasteiger charge is -2.33. The molecule has 0 saturated carbocycles. The Bertz CT molecular complexity index is 1540. The minimum atomic E-state index is -0.262. The lowest BCUT2D eigenvalue weighted by molar-refractivity contribution is 0.0949. The molecule has 212 valence electrons. The van der Waals surface area contributed by atoms with Crippen LogP contribution in [0.1, 0.15) is 48.0 Å². The smallest absolute Gasteiger partial charge is 0.253 e. The first kappa shape index (κ1) is 28.9. The van der Waals surface area contributed by atoms with Crippen molar-refractivity contribution < 1.29 is 4.79 Å². The molecule has 0 atom stereocenters. The number of fused-ring (bicyclic) bond motifs is 1. The molecule has 3 heterocycles. The first-order valence-electron chi connectivity index (χ1n) is 13.8. The Kier molecular flexibility index (Phi) is 8.64. The van der Waals surface area contributed by atoms with Gasteiger partial charge in [-0.2, -0.15) is 0 Å². The molecule has 1 amide bonds. The number of aryl methyl sites for hydroxylation is 2. The molecule has 1 fully saturated rings. The van der Waals surface area contributed by atoms with Gasteiger partial charge in [0.15, 0.2) is 0 Å². The van der Waals surface area contributed by atoms with Gasteiger partial charge in [-0.3, -0.25) is 20.0 Å². The molecule has 2 aromatic rings. The number of nitrogens with one attached hydrogen (secondary N) is 4. The van der Waals surface area contributed by atoms with Crippen LogP contribution in [0.25, 0.3) is 11.3 Å². The number of anilines is 1. The second kappa shape index (κ2) is 12.0. The average Bonchev–Trinajstić information content (AvgIpc) is 3.24. The maximum absolute atomic E-state index is 13.7. The average molecular weight is 544 g/mol. The summed E-state index contributed by atoms with van der Waals surface area (Å²) in [6.07, 6.45) is 5.45. The van der Waals surface area contributed by atoms with E-state index in [1.807, 2.05) is 39.0 Å². The van der Waals surface area contributed by atoms with E-state index in [9.17, 15) is 9.59 Å². The van der Waals surface area contributed by atoms with Gasteiger partial charge >= 0.3 is 0 Å². The Balaban J connectivity index is 1.74. The maximum atomic E-state index is 13.7. The molecule has 9 heteroatoms. The fraction of sp³-hybridized carbons (Fsp3) is 0.387. The van der Waals surface area contributed by atoms with Crippen LogP contribution in [0.4, 0.5) is 5.69 Å². The number of nitrogens with zero attached hydrogens (tertiary/aromatic N) is 3. The van der Waals surface area contributed by atoms with Crippen LogP contribution in [0.5, 0.6) is 0 Å². The number of benzene rings is 1. The zero-order valence-electron chi connectivity index (χ0n) is 24.4. The summed E-state index contributed by atoms with van der Waals surface area (Å²) in [6, 6.07) is 5.98. The van der Waals surface area contributed by atoms with Crippen LogP contribution in [0, 0.1) is 19.3 Å². The van der Waals surface area contributed by atoms with Crippen LogP contribution in [0.15, 0.2) is 47.8 Å². The third-order valence-electron chi connectivity index (χ3n) is 7.54. The van der Waals surface area contributed by atoms with Gasteiger partial charge in [0.25, 0.3) is 11.5 Å². The van der Waals surface area contributed by atoms with Gasteiger partial charge in [0.2, 0.25) is 0 Å². The highest BCUT2D eigenvalue weighted by Gasteiger charge is 2.24. The SMILES string of the molecule is C=CC(C=CC(=N)N1CCN(C)CC1)=c1cc(C(=O)NCc2c(C)cc(C)[nH]c2=O)c2c(c1)N(C(C)C)NC=2C. The van der Waals surface area contributed by atoms with Gasteiger partial charge in [-0.05, 0) is 82.3 Å². The number of carbonyl (C=O) groups is 1. The summed E-state index contributed by atoms with van der Waals surface area (Å²) in [5.41, 5.74) is 8.51. The van der Waals surface area contributed by atoms with E-state index in [0.717, 1.165) is 64.8 Å². The van der Waals surface area contributed by atoms with Gasteiger partial charge in [-0.1, -0.05) is 18.7 Å². The van der Waals surface area contributed by atoms with Crippen LogP contribution in [0.3, 0.4) is 0 Å². The lowest BCUT2D eigenvalue weighted by atomic mass is 10.0. The number of carbonyl (C=O) groups excluding carboxylic acids is 1. The normalized spacial score (nSPS) is 16.3. The molecule has 2 aliphatic rings. The van der Waals surface area contributed by atoms with Crippen molar-refractivity contribution in [2.75, 3.05) is 38.2 Å². The van der Waals surface area contributed by atoms with E-state index in [4.69, 9.17) is 5.41 Å². The second-order valence-corrected chi connectivity index (χ2v) is 10.9. The first-order valence-corrected chi connectivity index (χ1v) is 13.8. The number of aromatic amines is 1.